The van der Waals surface area contributed by atoms with Crippen molar-refractivity contribution < 1.29 is 19.1 Å². The van der Waals surface area contributed by atoms with Gasteiger partial charge in [0.05, 0.1) is 30.7 Å². The van der Waals surface area contributed by atoms with E-state index in [1.807, 2.05) is 6.07 Å². The lowest BCUT2D eigenvalue weighted by Gasteiger charge is -2.11. The van der Waals surface area contributed by atoms with E-state index in [2.05, 4.69) is 20.2 Å². The van der Waals surface area contributed by atoms with Crippen LogP contribution in [-0.4, -0.2) is 39.5 Å². The van der Waals surface area contributed by atoms with Gasteiger partial charge >= 0.3 is 5.97 Å². The average Bonchev–Trinajstić information content (AvgIpc) is 3.36. The van der Waals surface area contributed by atoms with Crippen molar-refractivity contribution in [1.82, 2.24) is 20.2 Å². The van der Waals surface area contributed by atoms with E-state index in [0.717, 1.165) is 5.56 Å². The van der Waals surface area contributed by atoms with Crippen LogP contribution in [-0.2, 0) is 4.74 Å². The van der Waals surface area contributed by atoms with Gasteiger partial charge in [0.15, 0.2) is 6.29 Å². The first-order chi connectivity index (χ1) is 13.2. The molecule has 2 heterocycles. The molecule has 0 aliphatic heterocycles. The number of benzene rings is 2. The average molecular weight is 362 g/mol. The first-order valence-electron chi connectivity index (χ1n) is 8.02. The van der Waals surface area contributed by atoms with Crippen LogP contribution in [0.15, 0.2) is 48.8 Å². The van der Waals surface area contributed by atoms with E-state index < -0.39 is 5.97 Å². The van der Waals surface area contributed by atoms with Gasteiger partial charge in [0.25, 0.3) is 0 Å². The van der Waals surface area contributed by atoms with E-state index in [0.29, 0.717) is 40.2 Å². The number of fused-ring (bicyclic) bond motifs is 1. The van der Waals surface area contributed by atoms with E-state index in [1.165, 1.54) is 13.3 Å². The number of carbonyl (C=O) groups excluding carboxylic acids is 2. The predicted octanol–water partition coefficient (Wildman–Crippen LogP) is 3.34. The second kappa shape index (κ2) is 6.75. The first kappa shape index (κ1) is 16.5. The molecule has 134 valence electrons. The SMILES string of the molecule is COC(=O)c1c(Oc2cccc(-c3ncc(C=O)[nH]3)c2)ccc2[nH]ncc12. The highest BCUT2D eigenvalue weighted by Gasteiger charge is 2.19. The van der Waals surface area contributed by atoms with Crippen LogP contribution < -0.4 is 4.74 Å². The summed E-state index contributed by atoms with van der Waals surface area (Å²) in [5, 5.41) is 7.38. The fourth-order valence-corrected chi connectivity index (χ4v) is 2.77. The summed E-state index contributed by atoms with van der Waals surface area (Å²) >= 11 is 0. The van der Waals surface area contributed by atoms with Gasteiger partial charge in [-0.15, -0.1) is 0 Å². The zero-order valence-electron chi connectivity index (χ0n) is 14.2. The highest BCUT2D eigenvalue weighted by Crippen LogP contribution is 2.32. The number of carbonyl (C=O) groups is 2. The Hall–Kier alpha value is -3.94. The number of nitrogens with zero attached hydrogens (tertiary/aromatic N) is 2. The van der Waals surface area contributed by atoms with Gasteiger partial charge in [-0.2, -0.15) is 5.10 Å². The highest BCUT2D eigenvalue weighted by molar-refractivity contribution is 6.06. The summed E-state index contributed by atoms with van der Waals surface area (Å²) in [5.74, 6) is 0.876. The second-order valence-electron chi connectivity index (χ2n) is 5.70. The molecule has 4 aromatic rings. The Balaban J connectivity index is 1.73. The lowest BCUT2D eigenvalue weighted by molar-refractivity contribution is 0.0600. The summed E-state index contributed by atoms with van der Waals surface area (Å²) in [4.78, 5) is 30.2. The molecule has 0 atom stereocenters. The van der Waals surface area contributed by atoms with Crippen molar-refractivity contribution in [2.24, 2.45) is 0 Å². The van der Waals surface area contributed by atoms with Crippen molar-refractivity contribution >= 4 is 23.2 Å². The molecule has 0 aliphatic carbocycles. The fraction of sp³-hybridized carbons (Fsp3) is 0.0526. The van der Waals surface area contributed by atoms with Crippen LogP contribution >= 0.6 is 0 Å². The van der Waals surface area contributed by atoms with Crippen molar-refractivity contribution in [1.29, 1.82) is 0 Å². The van der Waals surface area contributed by atoms with Gasteiger partial charge < -0.3 is 14.5 Å². The third-order valence-electron chi connectivity index (χ3n) is 4.03. The molecule has 0 saturated carbocycles. The van der Waals surface area contributed by atoms with Crippen molar-refractivity contribution in [3.8, 4) is 22.9 Å². The maximum atomic E-state index is 12.3. The van der Waals surface area contributed by atoms with E-state index in [1.54, 1.807) is 36.5 Å². The molecule has 0 amide bonds. The predicted molar refractivity (Wildman–Crippen MR) is 96.9 cm³/mol. The van der Waals surface area contributed by atoms with Crippen molar-refractivity contribution in [3.05, 3.63) is 60.0 Å². The Bertz CT molecular complexity index is 1150. The summed E-state index contributed by atoms with van der Waals surface area (Å²) < 4.78 is 10.8. The van der Waals surface area contributed by atoms with Crippen LogP contribution in [0.25, 0.3) is 22.3 Å². The number of aromatic amines is 2. The van der Waals surface area contributed by atoms with Crippen molar-refractivity contribution in [3.63, 3.8) is 0 Å². The number of hydrogen-bond acceptors (Lipinski definition) is 6. The molecule has 0 radical (unpaired) electrons. The number of esters is 1. The van der Waals surface area contributed by atoms with E-state index in [9.17, 15) is 9.59 Å². The van der Waals surface area contributed by atoms with E-state index in [-0.39, 0.29) is 5.56 Å². The van der Waals surface area contributed by atoms with Crippen LogP contribution in [0, 0.1) is 0 Å². The normalized spacial score (nSPS) is 10.7. The van der Waals surface area contributed by atoms with E-state index >= 15 is 0 Å². The first-order valence-corrected chi connectivity index (χ1v) is 8.02. The molecule has 4 rings (SSSR count). The molecule has 2 N–H and O–H groups in total. The van der Waals surface area contributed by atoms with Gasteiger partial charge in [0.2, 0.25) is 0 Å². The Kier molecular flexibility index (Phi) is 4.13. The van der Waals surface area contributed by atoms with Gasteiger partial charge in [0.1, 0.15) is 22.9 Å². The zero-order valence-corrected chi connectivity index (χ0v) is 14.2. The standard InChI is InChI=1S/C19H14N4O4/c1-26-19(25)17-14-9-21-23-15(14)5-6-16(17)27-13-4-2-3-11(7-13)18-20-8-12(10-24)22-18/h2-10H,1H3,(H,20,22)(H,21,23). The Morgan fingerprint density at radius 2 is 2.07 bits per heavy atom. The number of methoxy groups -OCH3 is 1. The third kappa shape index (κ3) is 3.04. The molecule has 2 aromatic carbocycles. The molecule has 8 heteroatoms. The quantitative estimate of drug-likeness (QED) is 0.416. The van der Waals surface area contributed by atoms with Crippen LogP contribution in [0.1, 0.15) is 20.8 Å². The summed E-state index contributed by atoms with van der Waals surface area (Å²) in [6, 6.07) is 10.6. The molecular formula is C19H14N4O4. The molecule has 0 aliphatic rings. The third-order valence-corrected chi connectivity index (χ3v) is 4.03. The van der Waals surface area contributed by atoms with Crippen LogP contribution in [0.2, 0.25) is 0 Å². The lowest BCUT2D eigenvalue weighted by Crippen LogP contribution is -2.04. The summed E-state index contributed by atoms with van der Waals surface area (Å²) in [7, 11) is 1.31. The number of nitrogens with one attached hydrogen (secondary N) is 2. The Morgan fingerprint density at radius 1 is 1.19 bits per heavy atom. The molecule has 0 spiro atoms. The largest absolute Gasteiger partial charge is 0.465 e. The number of ether oxygens (including phenoxy) is 2. The second-order valence-corrected chi connectivity index (χ2v) is 5.70. The summed E-state index contributed by atoms with van der Waals surface area (Å²) in [6.07, 6.45) is 3.70. The molecule has 8 nitrogen and oxygen atoms in total. The van der Waals surface area contributed by atoms with Crippen molar-refractivity contribution in [2.75, 3.05) is 7.11 Å². The zero-order chi connectivity index (χ0) is 18.8. The van der Waals surface area contributed by atoms with E-state index in [4.69, 9.17) is 9.47 Å². The fourth-order valence-electron chi connectivity index (χ4n) is 2.77. The number of H-pyrrole nitrogens is 2. The molecule has 0 saturated heterocycles. The molecule has 0 fully saturated rings. The van der Waals surface area contributed by atoms with Gasteiger partial charge in [-0.05, 0) is 24.3 Å². The molecule has 27 heavy (non-hydrogen) atoms. The minimum Gasteiger partial charge on any atom is -0.465 e. The molecule has 0 unspecified atom stereocenters. The monoisotopic (exact) mass is 362 g/mol. The number of rotatable bonds is 5. The topological polar surface area (TPSA) is 110 Å². The van der Waals surface area contributed by atoms with Crippen LogP contribution in [0.5, 0.6) is 11.5 Å². The number of aromatic nitrogens is 4. The number of hydrogen-bond donors (Lipinski definition) is 2. The highest BCUT2D eigenvalue weighted by atomic mass is 16.5. The Labute approximate surface area is 153 Å². The number of aldehydes is 1. The summed E-state index contributed by atoms with van der Waals surface area (Å²) in [6.45, 7) is 0. The Morgan fingerprint density at radius 3 is 2.85 bits per heavy atom. The van der Waals surface area contributed by atoms with Gasteiger partial charge in [-0.3, -0.25) is 9.89 Å². The molecule has 2 aromatic heterocycles. The smallest absolute Gasteiger partial charge is 0.342 e. The number of imidazole rings is 1. The van der Waals surface area contributed by atoms with Crippen LogP contribution in [0.3, 0.4) is 0 Å². The van der Waals surface area contributed by atoms with Gasteiger partial charge in [-0.1, -0.05) is 12.1 Å². The van der Waals surface area contributed by atoms with Gasteiger partial charge in [-0.25, -0.2) is 9.78 Å². The minimum absolute atomic E-state index is 0.287. The lowest BCUT2D eigenvalue weighted by atomic mass is 10.1. The summed E-state index contributed by atoms with van der Waals surface area (Å²) in [5.41, 5.74) is 2.11. The maximum absolute atomic E-state index is 12.3. The van der Waals surface area contributed by atoms with Crippen LogP contribution in [0.4, 0.5) is 0 Å². The molecule has 0 bridgehead atoms. The minimum atomic E-state index is -0.519. The maximum Gasteiger partial charge on any atom is 0.342 e. The molecular weight excluding hydrogens is 348 g/mol. The van der Waals surface area contributed by atoms with Gasteiger partial charge in [0, 0.05) is 10.9 Å². The van der Waals surface area contributed by atoms with Crippen molar-refractivity contribution in [2.45, 2.75) is 0 Å².